The van der Waals surface area contributed by atoms with Crippen LogP contribution in [0, 0.1) is 11.6 Å². The highest BCUT2D eigenvalue weighted by molar-refractivity contribution is 5.68. The predicted octanol–water partition coefficient (Wildman–Crippen LogP) is 2.97. The van der Waals surface area contributed by atoms with Crippen molar-refractivity contribution in [3.05, 3.63) is 35.4 Å². The molecule has 1 aromatic rings. The van der Waals surface area contributed by atoms with E-state index in [1.165, 1.54) is 12.1 Å². The highest BCUT2D eigenvalue weighted by Crippen LogP contribution is 2.28. The zero-order valence-electron chi connectivity index (χ0n) is 10.6. The predicted molar refractivity (Wildman–Crippen MR) is 66.8 cm³/mol. The van der Waals surface area contributed by atoms with Crippen LogP contribution in [0.3, 0.4) is 0 Å². The molecule has 19 heavy (non-hydrogen) atoms. The monoisotopic (exact) mass is 269 g/mol. The lowest BCUT2D eigenvalue weighted by Crippen LogP contribution is -2.35. The number of hydrogen-bond donors (Lipinski definition) is 1. The van der Waals surface area contributed by atoms with Gasteiger partial charge in [0.25, 0.3) is 0 Å². The molecule has 0 aliphatic carbocycles. The van der Waals surface area contributed by atoms with Crippen molar-refractivity contribution in [1.82, 2.24) is 4.90 Å². The first-order valence-electron chi connectivity index (χ1n) is 6.48. The number of aliphatic carboxylic acids is 1. The van der Waals surface area contributed by atoms with Gasteiger partial charge in [0.05, 0.1) is 6.42 Å². The SMILES string of the molecule is O=C(O)CC(c1cc(F)cc(F)c1)N1CCCCC1. The maximum absolute atomic E-state index is 13.3. The lowest BCUT2D eigenvalue weighted by molar-refractivity contribution is -0.138. The molecule has 1 saturated heterocycles. The molecule has 1 aliphatic heterocycles. The van der Waals surface area contributed by atoms with Gasteiger partial charge in [-0.25, -0.2) is 8.78 Å². The van der Waals surface area contributed by atoms with Gasteiger partial charge in [0.15, 0.2) is 0 Å². The van der Waals surface area contributed by atoms with Crippen molar-refractivity contribution >= 4 is 5.97 Å². The number of nitrogens with zero attached hydrogens (tertiary/aromatic N) is 1. The van der Waals surface area contributed by atoms with Gasteiger partial charge in [0, 0.05) is 12.1 Å². The van der Waals surface area contributed by atoms with Gasteiger partial charge >= 0.3 is 5.97 Å². The van der Waals surface area contributed by atoms with Crippen molar-refractivity contribution in [2.24, 2.45) is 0 Å². The number of hydrogen-bond acceptors (Lipinski definition) is 2. The van der Waals surface area contributed by atoms with E-state index in [-0.39, 0.29) is 6.42 Å². The van der Waals surface area contributed by atoms with E-state index < -0.39 is 23.6 Å². The number of carboxylic acid groups (broad SMARTS) is 1. The summed E-state index contributed by atoms with van der Waals surface area (Å²) in [6.45, 7) is 1.55. The van der Waals surface area contributed by atoms with Crippen molar-refractivity contribution in [1.29, 1.82) is 0 Å². The second-order valence-corrected chi connectivity index (χ2v) is 4.91. The molecule has 1 fully saturated rings. The van der Waals surface area contributed by atoms with Crippen molar-refractivity contribution in [3.63, 3.8) is 0 Å². The summed E-state index contributed by atoms with van der Waals surface area (Å²) in [7, 11) is 0. The van der Waals surface area contributed by atoms with E-state index in [0.717, 1.165) is 38.4 Å². The second kappa shape index (κ2) is 6.10. The minimum Gasteiger partial charge on any atom is -0.481 e. The first-order chi connectivity index (χ1) is 9.06. The maximum atomic E-state index is 13.3. The number of piperidine rings is 1. The number of likely N-dealkylation sites (tertiary alicyclic amines) is 1. The van der Waals surface area contributed by atoms with Crippen LogP contribution in [0.15, 0.2) is 18.2 Å². The lowest BCUT2D eigenvalue weighted by Gasteiger charge is -2.34. The number of halogens is 2. The Balaban J connectivity index is 2.27. The van der Waals surface area contributed by atoms with E-state index in [4.69, 9.17) is 5.11 Å². The molecule has 0 amide bonds. The van der Waals surface area contributed by atoms with Crippen molar-refractivity contribution in [3.8, 4) is 0 Å². The van der Waals surface area contributed by atoms with E-state index in [9.17, 15) is 13.6 Å². The van der Waals surface area contributed by atoms with E-state index in [2.05, 4.69) is 0 Å². The van der Waals surface area contributed by atoms with Gasteiger partial charge in [-0.05, 0) is 43.6 Å². The van der Waals surface area contributed by atoms with Crippen molar-refractivity contribution in [2.75, 3.05) is 13.1 Å². The minimum absolute atomic E-state index is 0.136. The fraction of sp³-hybridized carbons (Fsp3) is 0.500. The van der Waals surface area contributed by atoms with Gasteiger partial charge in [0.2, 0.25) is 0 Å². The van der Waals surface area contributed by atoms with Gasteiger partial charge in [-0.15, -0.1) is 0 Å². The number of benzene rings is 1. The Hall–Kier alpha value is -1.49. The molecule has 0 radical (unpaired) electrons. The summed E-state index contributed by atoms with van der Waals surface area (Å²) in [5.74, 6) is -2.29. The maximum Gasteiger partial charge on any atom is 0.305 e. The van der Waals surface area contributed by atoms with Crippen molar-refractivity contribution < 1.29 is 18.7 Å². The first-order valence-corrected chi connectivity index (χ1v) is 6.48. The third-order valence-electron chi connectivity index (χ3n) is 3.47. The molecule has 0 saturated carbocycles. The van der Waals surface area contributed by atoms with Crippen LogP contribution in [-0.4, -0.2) is 29.1 Å². The van der Waals surface area contributed by atoms with E-state index in [1.54, 1.807) is 0 Å². The molecule has 0 aromatic heterocycles. The molecule has 3 nitrogen and oxygen atoms in total. The molecule has 0 spiro atoms. The third kappa shape index (κ3) is 3.73. The fourth-order valence-electron chi connectivity index (χ4n) is 2.62. The zero-order valence-corrected chi connectivity index (χ0v) is 10.6. The number of carboxylic acids is 1. The van der Waals surface area contributed by atoms with Gasteiger partial charge in [-0.1, -0.05) is 6.42 Å². The summed E-state index contributed by atoms with van der Waals surface area (Å²) in [4.78, 5) is 13.0. The molecule has 1 heterocycles. The van der Waals surface area contributed by atoms with E-state index >= 15 is 0 Å². The molecule has 2 rings (SSSR count). The normalized spacial score (nSPS) is 18.2. The summed E-state index contributed by atoms with van der Waals surface area (Å²) in [6, 6.07) is 2.80. The van der Waals surface area contributed by atoms with Gasteiger partial charge in [-0.2, -0.15) is 0 Å². The lowest BCUT2D eigenvalue weighted by atomic mass is 9.98. The Bertz CT molecular complexity index is 439. The van der Waals surface area contributed by atoms with Crippen LogP contribution < -0.4 is 0 Å². The second-order valence-electron chi connectivity index (χ2n) is 4.91. The Morgan fingerprint density at radius 3 is 2.26 bits per heavy atom. The fourth-order valence-corrected chi connectivity index (χ4v) is 2.62. The largest absolute Gasteiger partial charge is 0.481 e. The number of rotatable bonds is 4. The minimum atomic E-state index is -0.958. The molecule has 1 atom stereocenters. The molecule has 1 aliphatic rings. The van der Waals surface area contributed by atoms with Crippen LogP contribution >= 0.6 is 0 Å². The molecule has 1 unspecified atom stereocenters. The summed E-state index contributed by atoms with van der Waals surface area (Å²) in [5, 5.41) is 9.00. The average molecular weight is 269 g/mol. The average Bonchev–Trinajstić information content (AvgIpc) is 2.35. The number of carbonyl (C=O) groups is 1. The van der Waals surface area contributed by atoms with Crippen LogP contribution in [0.2, 0.25) is 0 Å². The first kappa shape index (κ1) is 13.9. The quantitative estimate of drug-likeness (QED) is 0.913. The topological polar surface area (TPSA) is 40.5 Å². The van der Waals surface area contributed by atoms with Gasteiger partial charge in [-0.3, -0.25) is 9.69 Å². The van der Waals surface area contributed by atoms with Gasteiger partial charge in [0.1, 0.15) is 11.6 Å². The highest BCUT2D eigenvalue weighted by atomic mass is 19.1. The van der Waals surface area contributed by atoms with Crippen LogP contribution in [0.5, 0.6) is 0 Å². The standard InChI is InChI=1S/C14H17F2NO2/c15-11-6-10(7-12(16)8-11)13(9-14(18)19)17-4-2-1-3-5-17/h6-8,13H,1-5,9H2,(H,18,19). The third-order valence-corrected chi connectivity index (χ3v) is 3.47. The Morgan fingerprint density at radius 1 is 1.16 bits per heavy atom. The summed E-state index contributed by atoms with van der Waals surface area (Å²) >= 11 is 0. The van der Waals surface area contributed by atoms with E-state index in [1.807, 2.05) is 4.90 Å². The summed E-state index contributed by atoms with van der Waals surface area (Å²) in [5.41, 5.74) is 0.404. The molecule has 1 aromatic carbocycles. The van der Waals surface area contributed by atoms with Crippen LogP contribution in [0.4, 0.5) is 8.78 Å². The Kier molecular flexibility index (Phi) is 4.47. The Labute approximate surface area is 110 Å². The van der Waals surface area contributed by atoms with Gasteiger partial charge < -0.3 is 5.11 Å². The van der Waals surface area contributed by atoms with Crippen LogP contribution in [0.25, 0.3) is 0 Å². The molecule has 5 heteroatoms. The smallest absolute Gasteiger partial charge is 0.305 e. The molecule has 0 bridgehead atoms. The highest BCUT2D eigenvalue weighted by Gasteiger charge is 2.25. The van der Waals surface area contributed by atoms with Crippen LogP contribution in [-0.2, 0) is 4.79 Å². The zero-order chi connectivity index (χ0) is 13.8. The summed E-state index contributed by atoms with van der Waals surface area (Å²) in [6.07, 6.45) is 2.97. The molecular formula is C14H17F2NO2. The molecule has 104 valence electrons. The van der Waals surface area contributed by atoms with E-state index in [0.29, 0.717) is 5.56 Å². The molecule has 1 N–H and O–H groups in total. The van der Waals surface area contributed by atoms with Crippen molar-refractivity contribution in [2.45, 2.75) is 31.7 Å². The Morgan fingerprint density at radius 2 is 1.74 bits per heavy atom. The van der Waals surface area contributed by atoms with Crippen LogP contribution in [0.1, 0.15) is 37.3 Å². The molecular weight excluding hydrogens is 252 g/mol. The summed E-state index contributed by atoms with van der Waals surface area (Å²) < 4.78 is 26.6.